The lowest BCUT2D eigenvalue weighted by molar-refractivity contribution is -0.0854. The van der Waals surface area contributed by atoms with Gasteiger partial charge in [-0.05, 0) is 37.1 Å². The quantitative estimate of drug-likeness (QED) is 0.610. The Bertz CT molecular complexity index is 885. The van der Waals surface area contributed by atoms with Crippen LogP contribution in [0, 0.1) is 19.3 Å². The van der Waals surface area contributed by atoms with E-state index in [1.54, 1.807) is 24.3 Å². The van der Waals surface area contributed by atoms with E-state index in [0.29, 0.717) is 11.5 Å². The average molecular weight is 440 g/mol. The highest BCUT2D eigenvalue weighted by Crippen LogP contribution is 2.60. The molecule has 0 bridgehead atoms. The molecule has 2 aliphatic rings. The highest BCUT2D eigenvalue weighted by molar-refractivity contribution is 7.49. The summed E-state index contributed by atoms with van der Waals surface area (Å²) in [6.45, 7) is 3.73. The van der Waals surface area contributed by atoms with E-state index in [1.165, 1.54) is 0 Å². The third kappa shape index (κ3) is 4.58. The number of hydrogen-bond donors (Lipinski definition) is 0. The first kappa shape index (κ1) is 20.6. The Morgan fingerprint density at radius 3 is 1.38 bits per heavy atom. The van der Waals surface area contributed by atoms with Gasteiger partial charge in [0.25, 0.3) is 0 Å². The van der Waals surface area contributed by atoms with Crippen LogP contribution in [0.15, 0.2) is 48.5 Å². The van der Waals surface area contributed by atoms with Crippen LogP contribution < -0.4 is 9.05 Å². The monoisotopic (exact) mass is 440 g/mol. The molecule has 2 fully saturated rings. The van der Waals surface area contributed by atoms with Crippen LogP contribution in [-0.4, -0.2) is 26.4 Å². The molecule has 156 valence electrons. The van der Waals surface area contributed by atoms with Gasteiger partial charge in [-0.25, -0.2) is 9.13 Å². The molecule has 0 aromatic heterocycles. The Morgan fingerprint density at radius 1 is 0.690 bits per heavy atom. The van der Waals surface area contributed by atoms with Crippen molar-refractivity contribution in [2.24, 2.45) is 5.41 Å². The van der Waals surface area contributed by atoms with Crippen molar-refractivity contribution in [2.45, 2.75) is 13.8 Å². The summed E-state index contributed by atoms with van der Waals surface area (Å²) in [5.74, 6) is 0.859. The van der Waals surface area contributed by atoms with E-state index in [-0.39, 0.29) is 26.4 Å². The normalized spacial score (nSPS) is 32.1. The second kappa shape index (κ2) is 7.88. The molecule has 29 heavy (non-hydrogen) atoms. The second-order valence-electron chi connectivity index (χ2n) is 7.20. The van der Waals surface area contributed by atoms with Gasteiger partial charge in [-0.3, -0.25) is 18.1 Å². The molecule has 10 heteroatoms. The summed E-state index contributed by atoms with van der Waals surface area (Å²) >= 11 is 0. The number of hydrogen-bond acceptors (Lipinski definition) is 8. The lowest BCUT2D eigenvalue weighted by atomic mass is 9.93. The predicted molar refractivity (Wildman–Crippen MR) is 105 cm³/mol. The van der Waals surface area contributed by atoms with Crippen molar-refractivity contribution in [3.05, 3.63) is 59.7 Å². The van der Waals surface area contributed by atoms with E-state index < -0.39 is 21.1 Å². The Hall–Kier alpha value is -1.66. The summed E-state index contributed by atoms with van der Waals surface area (Å²) in [6, 6.07) is 14.3. The molecular formula is C19H22O8P2. The fraction of sp³-hybridized carbons (Fsp3) is 0.368. The maximum absolute atomic E-state index is 12.8. The van der Waals surface area contributed by atoms with Crippen LogP contribution in [0.25, 0.3) is 0 Å². The van der Waals surface area contributed by atoms with Crippen LogP contribution in [0.2, 0.25) is 0 Å². The first-order valence-corrected chi connectivity index (χ1v) is 12.0. The van der Waals surface area contributed by atoms with E-state index in [1.807, 2.05) is 38.1 Å². The SMILES string of the molecule is Cc1ccccc1OP1(=O)OCC2(CO1)COP(=O)(Oc1ccccc1C)OC2. The fourth-order valence-electron chi connectivity index (χ4n) is 2.85. The molecule has 0 N–H and O–H groups in total. The van der Waals surface area contributed by atoms with Gasteiger partial charge in [-0.15, -0.1) is 0 Å². The second-order valence-corrected chi connectivity index (χ2v) is 10.4. The number of benzene rings is 2. The zero-order valence-electron chi connectivity index (χ0n) is 16.1. The smallest absolute Gasteiger partial charge is 0.404 e. The third-order valence-corrected chi connectivity index (χ3v) is 7.34. The number of aryl methyl sites for hydroxylation is 2. The van der Waals surface area contributed by atoms with Gasteiger partial charge >= 0.3 is 15.6 Å². The molecule has 0 saturated carbocycles. The molecule has 2 aromatic rings. The molecule has 2 aliphatic heterocycles. The molecule has 4 rings (SSSR count). The van der Waals surface area contributed by atoms with Gasteiger partial charge in [-0.1, -0.05) is 36.4 Å². The molecule has 0 aliphatic carbocycles. The van der Waals surface area contributed by atoms with Crippen LogP contribution in [0.1, 0.15) is 11.1 Å². The molecule has 2 heterocycles. The van der Waals surface area contributed by atoms with Crippen molar-refractivity contribution in [3.8, 4) is 11.5 Å². The minimum Gasteiger partial charge on any atom is -0.404 e. The number of rotatable bonds is 4. The third-order valence-electron chi connectivity index (χ3n) is 4.72. The average Bonchev–Trinajstić information content (AvgIpc) is 2.71. The fourth-order valence-corrected chi connectivity index (χ4v) is 5.83. The summed E-state index contributed by atoms with van der Waals surface area (Å²) < 4.78 is 58.3. The minimum absolute atomic E-state index is 0.0144. The number of phosphoric ester groups is 2. The first-order chi connectivity index (χ1) is 13.8. The Labute approximate surface area is 169 Å². The maximum atomic E-state index is 12.8. The maximum Gasteiger partial charge on any atom is 0.530 e. The molecular weight excluding hydrogens is 418 g/mol. The van der Waals surface area contributed by atoms with Crippen molar-refractivity contribution in [1.82, 2.24) is 0 Å². The van der Waals surface area contributed by atoms with E-state index in [2.05, 4.69) is 0 Å². The molecule has 0 radical (unpaired) electrons. The zero-order chi connectivity index (χ0) is 20.5. The lowest BCUT2D eigenvalue weighted by Crippen LogP contribution is -2.46. The molecule has 2 aromatic carbocycles. The molecule has 0 unspecified atom stereocenters. The van der Waals surface area contributed by atoms with Gasteiger partial charge in [-0.2, -0.15) is 0 Å². The topological polar surface area (TPSA) is 89.5 Å². The van der Waals surface area contributed by atoms with E-state index in [0.717, 1.165) is 11.1 Å². The highest BCUT2D eigenvalue weighted by atomic mass is 31.2. The van der Waals surface area contributed by atoms with Crippen molar-refractivity contribution in [3.63, 3.8) is 0 Å². The van der Waals surface area contributed by atoms with Gasteiger partial charge < -0.3 is 9.05 Å². The van der Waals surface area contributed by atoms with Crippen LogP contribution >= 0.6 is 15.6 Å². The first-order valence-electron chi connectivity index (χ1n) is 9.09. The largest absolute Gasteiger partial charge is 0.530 e. The zero-order valence-corrected chi connectivity index (χ0v) is 17.9. The number of phosphoric acid groups is 2. The summed E-state index contributed by atoms with van der Waals surface area (Å²) in [7, 11) is -7.52. The molecule has 0 atom stereocenters. The van der Waals surface area contributed by atoms with Gasteiger partial charge in [0.15, 0.2) is 0 Å². The van der Waals surface area contributed by atoms with E-state index >= 15 is 0 Å². The van der Waals surface area contributed by atoms with Gasteiger partial charge in [0.2, 0.25) is 0 Å². The number of para-hydroxylation sites is 2. The standard InChI is InChI=1S/C19H22O8P2/c1-15-7-3-5-9-17(15)26-28(20)22-11-19(12-23-28)13-24-29(21,25-14-19)27-18-10-6-4-8-16(18)2/h3-10H,11-14H2,1-2H3. The van der Waals surface area contributed by atoms with Crippen molar-refractivity contribution >= 4 is 15.6 Å². The molecule has 1 spiro atoms. The Kier molecular flexibility index (Phi) is 5.60. The Balaban J connectivity index is 1.37. The summed E-state index contributed by atoms with van der Waals surface area (Å²) in [6.07, 6.45) is 0. The molecule has 8 nitrogen and oxygen atoms in total. The summed E-state index contributed by atoms with van der Waals surface area (Å²) in [5, 5.41) is 0. The van der Waals surface area contributed by atoms with Crippen molar-refractivity contribution in [1.29, 1.82) is 0 Å². The van der Waals surface area contributed by atoms with Crippen LogP contribution in [-0.2, 0) is 27.2 Å². The van der Waals surface area contributed by atoms with Crippen molar-refractivity contribution in [2.75, 3.05) is 26.4 Å². The minimum atomic E-state index is -3.76. The van der Waals surface area contributed by atoms with Gasteiger partial charge in [0.1, 0.15) is 11.5 Å². The highest BCUT2D eigenvalue weighted by Gasteiger charge is 2.51. The van der Waals surface area contributed by atoms with E-state index in [9.17, 15) is 9.13 Å². The van der Waals surface area contributed by atoms with Gasteiger partial charge in [0.05, 0.1) is 31.8 Å². The predicted octanol–water partition coefficient (Wildman–Crippen LogP) is 5.06. The molecule has 0 amide bonds. The van der Waals surface area contributed by atoms with Crippen LogP contribution in [0.3, 0.4) is 0 Å². The van der Waals surface area contributed by atoms with Gasteiger partial charge in [0, 0.05) is 0 Å². The van der Waals surface area contributed by atoms with Crippen molar-refractivity contribution < 1.29 is 36.3 Å². The van der Waals surface area contributed by atoms with Crippen LogP contribution in [0.4, 0.5) is 0 Å². The molecule has 2 saturated heterocycles. The van der Waals surface area contributed by atoms with E-state index in [4.69, 9.17) is 27.1 Å². The summed E-state index contributed by atoms with van der Waals surface area (Å²) in [4.78, 5) is 0. The summed E-state index contributed by atoms with van der Waals surface area (Å²) in [5.41, 5.74) is 0.883. The lowest BCUT2D eigenvalue weighted by Gasteiger charge is -2.41. The van der Waals surface area contributed by atoms with Crippen LogP contribution in [0.5, 0.6) is 11.5 Å². The Morgan fingerprint density at radius 2 is 1.03 bits per heavy atom.